The summed E-state index contributed by atoms with van der Waals surface area (Å²) in [6, 6.07) is 2.21. The summed E-state index contributed by atoms with van der Waals surface area (Å²) >= 11 is 3.59. The fourth-order valence-electron chi connectivity index (χ4n) is 2.28. The molecule has 0 aliphatic rings. The van der Waals surface area contributed by atoms with Crippen LogP contribution < -0.4 is 5.32 Å². The van der Waals surface area contributed by atoms with Gasteiger partial charge in [0.25, 0.3) is 0 Å². The highest BCUT2D eigenvalue weighted by Crippen LogP contribution is 2.28. The van der Waals surface area contributed by atoms with Crippen LogP contribution >= 0.6 is 15.9 Å². The van der Waals surface area contributed by atoms with E-state index < -0.39 is 0 Å². The van der Waals surface area contributed by atoms with Gasteiger partial charge in [-0.3, -0.25) is 9.36 Å². The number of aromatic nitrogens is 4. The summed E-state index contributed by atoms with van der Waals surface area (Å²) in [4.78, 5) is 0. The van der Waals surface area contributed by atoms with Gasteiger partial charge in [0.05, 0.1) is 33.8 Å². The van der Waals surface area contributed by atoms with Crippen LogP contribution in [0.3, 0.4) is 0 Å². The second-order valence-corrected chi connectivity index (χ2v) is 5.58. The summed E-state index contributed by atoms with van der Waals surface area (Å²) in [6.45, 7) is 5.13. The van der Waals surface area contributed by atoms with Gasteiger partial charge in [-0.2, -0.15) is 10.2 Å². The molecule has 2 rings (SSSR count). The van der Waals surface area contributed by atoms with Crippen LogP contribution in [0.1, 0.15) is 36.5 Å². The Labute approximate surface area is 122 Å². The molecular weight excluding hydrogens is 306 g/mol. The van der Waals surface area contributed by atoms with Gasteiger partial charge in [0.15, 0.2) is 0 Å². The largest absolute Gasteiger partial charge is 0.304 e. The predicted molar refractivity (Wildman–Crippen MR) is 79.0 cm³/mol. The van der Waals surface area contributed by atoms with E-state index in [4.69, 9.17) is 0 Å². The zero-order valence-electron chi connectivity index (χ0n) is 11.8. The number of halogens is 1. The van der Waals surface area contributed by atoms with E-state index in [1.165, 1.54) is 0 Å². The molecule has 6 heteroatoms. The van der Waals surface area contributed by atoms with E-state index >= 15 is 0 Å². The molecule has 0 aliphatic heterocycles. The third kappa shape index (κ3) is 2.90. The Morgan fingerprint density at radius 1 is 1.37 bits per heavy atom. The van der Waals surface area contributed by atoms with Gasteiger partial charge in [-0.1, -0.05) is 6.92 Å². The second-order valence-electron chi connectivity index (χ2n) is 4.72. The fourth-order valence-corrected chi connectivity index (χ4v) is 2.85. The van der Waals surface area contributed by atoms with Gasteiger partial charge in [0.2, 0.25) is 0 Å². The van der Waals surface area contributed by atoms with E-state index in [0.717, 1.165) is 34.5 Å². The Balaban J connectivity index is 2.44. The molecule has 2 aromatic heterocycles. The molecule has 0 amide bonds. The van der Waals surface area contributed by atoms with Crippen LogP contribution in [0.5, 0.6) is 0 Å². The highest BCUT2D eigenvalue weighted by atomic mass is 79.9. The van der Waals surface area contributed by atoms with Crippen molar-refractivity contribution in [1.82, 2.24) is 24.9 Å². The van der Waals surface area contributed by atoms with Crippen LogP contribution in [0.4, 0.5) is 0 Å². The maximum Gasteiger partial charge on any atom is 0.0930 e. The highest BCUT2D eigenvalue weighted by molar-refractivity contribution is 9.10. The third-order valence-corrected chi connectivity index (χ3v) is 3.75. The number of hydrogen-bond donors (Lipinski definition) is 1. The highest BCUT2D eigenvalue weighted by Gasteiger charge is 2.23. The zero-order valence-corrected chi connectivity index (χ0v) is 13.4. The third-order valence-electron chi connectivity index (χ3n) is 3.14. The topological polar surface area (TPSA) is 47.7 Å². The molecule has 2 heterocycles. The SMILES string of the molecule is CCCNC(c1cc(C)nn1C)c1c(Br)cnn1C. The van der Waals surface area contributed by atoms with Crippen molar-refractivity contribution in [2.45, 2.75) is 26.3 Å². The Bertz CT molecular complexity index is 538. The van der Waals surface area contributed by atoms with E-state index in [0.29, 0.717) is 0 Å². The first-order valence-corrected chi connectivity index (χ1v) is 7.25. The van der Waals surface area contributed by atoms with Crippen molar-refractivity contribution in [1.29, 1.82) is 0 Å². The minimum absolute atomic E-state index is 0.0908. The first kappa shape index (κ1) is 14.3. The lowest BCUT2D eigenvalue weighted by atomic mass is 10.1. The van der Waals surface area contributed by atoms with E-state index in [2.05, 4.69) is 44.4 Å². The number of nitrogens with zero attached hydrogens (tertiary/aromatic N) is 4. The second kappa shape index (κ2) is 5.88. The number of rotatable bonds is 5. The van der Waals surface area contributed by atoms with Gasteiger partial charge < -0.3 is 5.32 Å². The van der Waals surface area contributed by atoms with Crippen molar-refractivity contribution >= 4 is 15.9 Å². The van der Waals surface area contributed by atoms with E-state index in [1.807, 2.05) is 36.6 Å². The minimum atomic E-state index is 0.0908. The molecule has 0 saturated carbocycles. The maximum absolute atomic E-state index is 4.44. The molecule has 1 N–H and O–H groups in total. The van der Waals surface area contributed by atoms with Crippen LogP contribution in [0.2, 0.25) is 0 Å². The summed E-state index contributed by atoms with van der Waals surface area (Å²) < 4.78 is 4.85. The van der Waals surface area contributed by atoms with Gasteiger partial charge in [-0.05, 0) is 41.9 Å². The molecule has 0 spiro atoms. The lowest BCUT2D eigenvalue weighted by molar-refractivity contribution is 0.518. The number of hydrogen-bond acceptors (Lipinski definition) is 3. The van der Waals surface area contributed by atoms with Crippen molar-refractivity contribution in [2.75, 3.05) is 6.54 Å². The molecule has 0 saturated heterocycles. The van der Waals surface area contributed by atoms with Crippen LogP contribution in [-0.2, 0) is 14.1 Å². The molecule has 2 aromatic rings. The molecule has 0 aromatic carbocycles. The van der Waals surface area contributed by atoms with Gasteiger partial charge in [0.1, 0.15) is 0 Å². The van der Waals surface area contributed by atoms with Crippen LogP contribution in [-0.4, -0.2) is 26.1 Å². The molecule has 0 radical (unpaired) electrons. The average Bonchev–Trinajstić information content (AvgIpc) is 2.85. The Morgan fingerprint density at radius 2 is 2.11 bits per heavy atom. The van der Waals surface area contributed by atoms with Crippen LogP contribution in [0, 0.1) is 6.92 Å². The Hall–Kier alpha value is -1.14. The molecule has 1 atom stereocenters. The monoisotopic (exact) mass is 325 g/mol. The first-order chi connectivity index (χ1) is 9.04. The summed E-state index contributed by atoms with van der Waals surface area (Å²) in [5.41, 5.74) is 3.30. The zero-order chi connectivity index (χ0) is 14.0. The summed E-state index contributed by atoms with van der Waals surface area (Å²) in [5.74, 6) is 0. The van der Waals surface area contributed by atoms with E-state index in [1.54, 1.807) is 0 Å². The van der Waals surface area contributed by atoms with Gasteiger partial charge in [-0.25, -0.2) is 0 Å². The molecule has 0 fully saturated rings. The average molecular weight is 326 g/mol. The Kier molecular flexibility index (Phi) is 4.42. The van der Waals surface area contributed by atoms with Crippen molar-refractivity contribution in [3.63, 3.8) is 0 Å². The molecule has 19 heavy (non-hydrogen) atoms. The Morgan fingerprint density at radius 3 is 2.58 bits per heavy atom. The molecule has 5 nitrogen and oxygen atoms in total. The summed E-state index contributed by atoms with van der Waals surface area (Å²) in [6.07, 6.45) is 2.92. The lowest BCUT2D eigenvalue weighted by Crippen LogP contribution is -2.27. The van der Waals surface area contributed by atoms with E-state index in [-0.39, 0.29) is 6.04 Å². The first-order valence-electron chi connectivity index (χ1n) is 6.46. The van der Waals surface area contributed by atoms with E-state index in [9.17, 15) is 0 Å². The summed E-state index contributed by atoms with van der Waals surface area (Å²) in [7, 11) is 3.94. The molecule has 0 aliphatic carbocycles. The fraction of sp³-hybridized carbons (Fsp3) is 0.538. The predicted octanol–water partition coefficient (Wildman–Crippen LogP) is 2.31. The van der Waals surface area contributed by atoms with Crippen molar-refractivity contribution in [3.8, 4) is 0 Å². The number of nitrogens with one attached hydrogen (secondary N) is 1. The lowest BCUT2D eigenvalue weighted by Gasteiger charge is -2.19. The number of aryl methyl sites for hydroxylation is 3. The summed E-state index contributed by atoms with van der Waals surface area (Å²) in [5, 5.41) is 12.3. The molecule has 0 bridgehead atoms. The van der Waals surface area contributed by atoms with Gasteiger partial charge in [0, 0.05) is 14.1 Å². The molecule has 104 valence electrons. The maximum atomic E-state index is 4.44. The minimum Gasteiger partial charge on any atom is -0.304 e. The van der Waals surface area contributed by atoms with Crippen LogP contribution in [0.15, 0.2) is 16.7 Å². The van der Waals surface area contributed by atoms with Crippen molar-refractivity contribution in [3.05, 3.63) is 33.8 Å². The van der Waals surface area contributed by atoms with Crippen molar-refractivity contribution < 1.29 is 0 Å². The molecular formula is C13H20BrN5. The standard InChI is InChI=1S/C13H20BrN5/c1-5-6-15-12(11-7-9(2)17-18(11)3)13-10(14)8-16-19(13)4/h7-8,12,15H,5-6H2,1-4H3. The van der Waals surface area contributed by atoms with Crippen molar-refractivity contribution in [2.24, 2.45) is 14.1 Å². The smallest absolute Gasteiger partial charge is 0.0930 e. The molecule has 1 unspecified atom stereocenters. The normalized spacial score (nSPS) is 12.9. The quantitative estimate of drug-likeness (QED) is 0.917. The van der Waals surface area contributed by atoms with Crippen LogP contribution in [0.25, 0.3) is 0 Å². The van der Waals surface area contributed by atoms with Gasteiger partial charge in [-0.15, -0.1) is 0 Å². The van der Waals surface area contributed by atoms with Gasteiger partial charge >= 0.3 is 0 Å².